The molecule has 0 saturated carbocycles. The molecule has 1 unspecified atom stereocenters. The Hall–Kier alpha value is -5.90. The minimum Gasteiger partial charge on any atom is -0.337 e. The summed E-state index contributed by atoms with van der Waals surface area (Å²) in [5, 5.41) is 5.21. The molecule has 0 amide bonds. The van der Waals surface area contributed by atoms with Crippen LogP contribution in [0.1, 0.15) is 30.4 Å². The first-order valence-electron chi connectivity index (χ1n) is 18.0. The largest absolute Gasteiger partial charge is 0.337 e. The Morgan fingerprint density at radius 1 is 0.608 bits per heavy atom. The van der Waals surface area contributed by atoms with E-state index in [1.165, 1.54) is 92.4 Å². The van der Waals surface area contributed by atoms with Gasteiger partial charge in [0.05, 0.1) is 27.5 Å². The highest BCUT2D eigenvalue weighted by Gasteiger charge is 2.36. The Labute approximate surface area is 301 Å². The van der Waals surface area contributed by atoms with Crippen molar-refractivity contribution >= 4 is 70.1 Å². The number of thiophene rings is 1. The number of allylic oxidation sites excluding steroid dienone is 6. The van der Waals surface area contributed by atoms with E-state index in [0.29, 0.717) is 6.04 Å². The average molecular weight is 671 g/mol. The van der Waals surface area contributed by atoms with E-state index in [1.54, 1.807) is 0 Å². The molecule has 6 aromatic carbocycles. The fourth-order valence-corrected chi connectivity index (χ4v) is 10.0. The Morgan fingerprint density at radius 2 is 1.35 bits per heavy atom. The fraction of sp³-hybridized carbons (Fsp3) is 0.0833. The smallest absolute Gasteiger partial charge is 0.0640 e. The number of fused-ring (bicyclic) bond motifs is 9. The van der Waals surface area contributed by atoms with Gasteiger partial charge < -0.3 is 9.47 Å². The zero-order chi connectivity index (χ0) is 33.5. The number of hydrogen-bond acceptors (Lipinski definition) is 2. The summed E-state index contributed by atoms with van der Waals surface area (Å²) < 4.78 is 5.16. The van der Waals surface area contributed by atoms with Gasteiger partial charge in [-0.15, -0.1) is 11.3 Å². The van der Waals surface area contributed by atoms with Gasteiger partial charge in [0.2, 0.25) is 0 Å². The van der Waals surface area contributed by atoms with Crippen LogP contribution in [0.3, 0.4) is 0 Å². The van der Waals surface area contributed by atoms with Gasteiger partial charge in [-0.25, -0.2) is 0 Å². The van der Waals surface area contributed by atoms with Gasteiger partial charge in [0, 0.05) is 43.2 Å². The van der Waals surface area contributed by atoms with Crippen molar-refractivity contribution < 1.29 is 0 Å². The fourth-order valence-electron chi connectivity index (χ4n) is 8.81. The highest BCUT2D eigenvalue weighted by molar-refractivity contribution is 7.26. The molecule has 242 valence electrons. The monoisotopic (exact) mass is 670 g/mol. The molecule has 0 spiro atoms. The molecule has 11 rings (SSSR count). The molecule has 1 aliphatic heterocycles. The molecule has 1 atom stereocenters. The average Bonchev–Trinajstić information content (AvgIpc) is 3.85. The molecule has 3 aliphatic rings. The van der Waals surface area contributed by atoms with Crippen LogP contribution >= 0.6 is 11.3 Å². The van der Waals surface area contributed by atoms with Crippen molar-refractivity contribution in [1.29, 1.82) is 0 Å². The summed E-state index contributed by atoms with van der Waals surface area (Å²) in [5.74, 6) is 0. The van der Waals surface area contributed by atoms with Crippen LogP contribution in [0.2, 0.25) is 0 Å². The number of rotatable bonds is 4. The Morgan fingerprint density at radius 3 is 2.22 bits per heavy atom. The van der Waals surface area contributed by atoms with Gasteiger partial charge in [0.1, 0.15) is 0 Å². The molecule has 51 heavy (non-hydrogen) atoms. The molecule has 0 N–H and O–H groups in total. The van der Waals surface area contributed by atoms with Crippen LogP contribution in [0.25, 0.3) is 69.9 Å². The van der Waals surface area contributed by atoms with Crippen LogP contribution < -0.4 is 4.90 Å². The van der Waals surface area contributed by atoms with Crippen LogP contribution in [0.5, 0.6) is 0 Å². The lowest BCUT2D eigenvalue weighted by Gasteiger charge is -2.32. The van der Waals surface area contributed by atoms with Gasteiger partial charge in [0.15, 0.2) is 0 Å². The standard InChI is InChI=1S/C48H34N2S/c1-3-12-31(13-4-1)32-22-26-44-40(28-32)41-30-34(24-27-45(41)50(44)46-20-11-18-38-37-17-8-10-21-47(37)51-48(38)46)33-23-25-43-39(29-33)36-16-7-9-19-42(36)49(43)35-14-5-2-6-15-35/h1-5,7-14,16-24,26-30,43H,6,15,25H2. The zero-order valence-electron chi connectivity index (χ0n) is 28.1. The van der Waals surface area contributed by atoms with Gasteiger partial charge in [-0.3, -0.25) is 0 Å². The second-order valence-corrected chi connectivity index (χ2v) is 15.0. The van der Waals surface area contributed by atoms with Crippen LogP contribution in [0.15, 0.2) is 170 Å². The molecule has 0 bridgehead atoms. The molecule has 2 aliphatic carbocycles. The summed E-state index contributed by atoms with van der Waals surface area (Å²) in [5.41, 5.74) is 14.3. The maximum absolute atomic E-state index is 2.61. The van der Waals surface area contributed by atoms with E-state index >= 15 is 0 Å². The SMILES string of the molecule is C1=CCCC(N2c3ccccc3C3=CC(c4ccc5c(c4)c4cc(-c6ccccc6)ccc4n5-c4cccc5c4sc4ccccc45)=CCC32)=C1. The summed E-state index contributed by atoms with van der Waals surface area (Å²) in [6.07, 6.45) is 14.9. The van der Waals surface area contributed by atoms with E-state index in [1.807, 2.05) is 11.3 Å². The highest BCUT2D eigenvalue weighted by Crippen LogP contribution is 2.49. The molecule has 3 heteroatoms. The molecule has 0 fully saturated rings. The van der Waals surface area contributed by atoms with E-state index in [2.05, 4.69) is 173 Å². The molecule has 8 aromatic rings. The molecule has 0 saturated heterocycles. The van der Waals surface area contributed by atoms with Crippen molar-refractivity contribution in [3.05, 3.63) is 181 Å². The first-order chi connectivity index (χ1) is 25.3. The number of anilines is 1. The first kappa shape index (κ1) is 28.9. The lowest BCUT2D eigenvalue weighted by molar-refractivity contribution is 0.755. The van der Waals surface area contributed by atoms with Crippen molar-refractivity contribution in [3.8, 4) is 16.8 Å². The lowest BCUT2D eigenvalue weighted by atomic mass is 9.88. The second-order valence-electron chi connectivity index (χ2n) is 13.9. The van der Waals surface area contributed by atoms with Crippen molar-refractivity contribution in [3.63, 3.8) is 0 Å². The topological polar surface area (TPSA) is 8.17 Å². The van der Waals surface area contributed by atoms with Crippen molar-refractivity contribution in [2.24, 2.45) is 0 Å². The van der Waals surface area contributed by atoms with Gasteiger partial charge in [-0.05, 0) is 102 Å². The molecular weight excluding hydrogens is 637 g/mol. The predicted molar refractivity (Wildman–Crippen MR) is 219 cm³/mol. The number of aromatic nitrogens is 1. The Balaban J connectivity index is 1.10. The summed E-state index contributed by atoms with van der Waals surface area (Å²) >= 11 is 1.89. The third-order valence-corrected chi connectivity index (χ3v) is 12.4. The van der Waals surface area contributed by atoms with Crippen molar-refractivity contribution in [2.45, 2.75) is 25.3 Å². The molecule has 3 heterocycles. The van der Waals surface area contributed by atoms with Crippen LogP contribution in [0.4, 0.5) is 5.69 Å². The first-order valence-corrected chi connectivity index (χ1v) is 18.8. The third kappa shape index (κ3) is 4.41. The lowest BCUT2D eigenvalue weighted by Crippen LogP contribution is -2.31. The predicted octanol–water partition coefficient (Wildman–Crippen LogP) is 13.1. The molecular formula is C48H34N2S. The van der Waals surface area contributed by atoms with Crippen LogP contribution in [-0.4, -0.2) is 10.6 Å². The summed E-state index contributed by atoms with van der Waals surface area (Å²) in [7, 11) is 0. The number of benzene rings is 6. The molecule has 2 aromatic heterocycles. The Bertz CT molecular complexity index is 2840. The minimum atomic E-state index is 0.338. The summed E-state index contributed by atoms with van der Waals surface area (Å²) in [4.78, 5) is 2.61. The maximum Gasteiger partial charge on any atom is 0.0640 e. The minimum absolute atomic E-state index is 0.338. The molecule has 2 nitrogen and oxygen atoms in total. The molecule has 0 radical (unpaired) electrons. The van der Waals surface area contributed by atoms with Gasteiger partial charge in [0.25, 0.3) is 0 Å². The van der Waals surface area contributed by atoms with E-state index < -0.39 is 0 Å². The third-order valence-electron chi connectivity index (χ3n) is 11.1. The maximum atomic E-state index is 2.61. The van der Waals surface area contributed by atoms with Gasteiger partial charge in [-0.2, -0.15) is 0 Å². The van der Waals surface area contributed by atoms with E-state index in [9.17, 15) is 0 Å². The van der Waals surface area contributed by atoms with E-state index in [4.69, 9.17) is 0 Å². The van der Waals surface area contributed by atoms with E-state index in [-0.39, 0.29) is 0 Å². The number of para-hydroxylation sites is 1. The van der Waals surface area contributed by atoms with E-state index in [0.717, 1.165) is 19.3 Å². The van der Waals surface area contributed by atoms with Crippen molar-refractivity contribution in [2.75, 3.05) is 4.90 Å². The summed E-state index contributed by atoms with van der Waals surface area (Å²) in [6.45, 7) is 0. The van der Waals surface area contributed by atoms with Crippen LogP contribution in [0, 0.1) is 0 Å². The van der Waals surface area contributed by atoms with Crippen molar-refractivity contribution in [1.82, 2.24) is 4.57 Å². The second kappa shape index (κ2) is 11.3. The normalized spacial score (nSPS) is 16.8. The zero-order valence-corrected chi connectivity index (χ0v) is 28.9. The number of hydrogen-bond donors (Lipinski definition) is 0. The van der Waals surface area contributed by atoms with Gasteiger partial charge >= 0.3 is 0 Å². The number of nitrogens with zero attached hydrogens (tertiary/aromatic N) is 2. The van der Waals surface area contributed by atoms with Crippen LogP contribution in [-0.2, 0) is 0 Å². The quantitative estimate of drug-likeness (QED) is 0.181. The highest BCUT2D eigenvalue weighted by atomic mass is 32.1. The van der Waals surface area contributed by atoms with Gasteiger partial charge in [-0.1, -0.05) is 109 Å². The summed E-state index contributed by atoms with van der Waals surface area (Å²) in [6, 6.07) is 49.9. The Kier molecular flexibility index (Phi) is 6.41.